The number of rotatable bonds is 5. The lowest BCUT2D eigenvalue weighted by molar-refractivity contribution is -0.134. The van der Waals surface area contributed by atoms with Crippen LogP contribution >= 0.6 is 0 Å². The summed E-state index contributed by atoms with van der Waals surface area (Å²) >= 11 is 0. The number of nitrogens with one attached hydrogen (secondary N) is 1. The molecule has 1 unspecified atom stereocenters. The molecule has 0 aliphatic carbocycles. The molecule has 4 rings (SSSR count). The van der Waals surface area contributed by atoms with Gasteiger partial charge in [-0.15, -0.1) is 0 Å². The SMILES string of the molecule is CN(C)c1cc(CNC(=O)C2OCCc3ccccc32)nc(-c2ccncc2)n1. The summed E-state index contributed by atoms with van der Waals surface area (Å²) in [5.41, 5.74) is 3.70. The first-order valence-corrected chi connectivity index (χ1v) is 9.54. The van der Waals surface area contributed by atoms with Crippen molar-refractivity contribution in [3.8, 4) is 11.4 Å². The Balaban J connectivity index is 1.54. The lowest BCUT2D eigenvalue weighted by Crippen LogP contribution is -2.33. The van der Waals surface area contributed by atoms with Crippen LogP contribution < -0.4 is 10.2 Å². The zero-order chi connectivity index (χ0) is 20.2. The van der Waals surface area contributed by atoms with E-state index in [4.69, 9.17) is 4.74 Å². The maximum absolute atomic E-state index is 12.8. The minimum absolute atomic E-state index is 0.160. The van der Waals surface area contributed by atoms with E-state index in [2.05, 4.69) is 20.3 Å². The molecule has 1 aromatic carbocycles. The first-order valence-electron chi connectivity index (χ1n) is 9.54. The van der Waals surface area contributed by atoms with Crippen LogP contribution in [-0.4, -0.2) is 41.6 Å². The van der Waals surface area contributed by atoms with E-state index in [-0.39, 0.29) is 5.91 Å². The Bertz CT molecular complexity index is 1010. The number of hydrogen-bond donors (Lipinski definition) is 1. The molecule has 2 aromatic heterocycles. The summed E-state index contributed by atoms with van der Waals surface area (Å²) in [5, 5.41) is 2.97. The van der Waals surface area contributed by atoms with Crippen LogP contribution in [0.25, 0.3) is 11.4 Å². The normalized spacial score (nSPS) is 15.4. The molecule has 1 N–H and O–H groups in total. The van der Waals surface area contributed by atoms with Gasteiger partial charge in [-0.25, -0.2) is 9.97 Å². The summed E-state index contributed by atoms with van der Waals surface area (Å²) in [6.45, 7) is 0.835. The molecular formula is C22H23N5O2. The predicted octanol–water partition coefficient (Wildman–Crippen LogP) is 2.53. The van der Waals surface area contributed by atoms with E-state index >= 15 is 0 Å². The maximum atomic E-state index is 12.8. The number of hydrogen-bond acceptors (Lipinski definition) is 6. The molecule has 0 radical (unpaired) electrons. The van der Waals surface area contributed by atoms with Gasteiger partial charge >= 0.3 is 0 Å². The molecule has 0 spiro atoms. The fraction of sp³-hybridized carbons (Fsp3) is 0.273. The Morgan fingerprint density at radius 3 is 2.76 bits per heavy atom. The highest BCUT2D eigenvalue weighted by molar-refractivity contribution is 5.82. The number of aromatic nitrogens is 3. The first kappa shape index (κ1) is 19.0. The van der Waals surface area contributed by atoms with Gasteiger partial charge in [-0.05, 0) is 29.7 Å². The Kier molecular flexibility index (Phi) is 5.48. The third-order valence-corrected chi connectivity index (χ3v) is 4.84. The van der Waals surface area contributed by atoms with Crippen molar-refractivity contribution in [1.82, 2.24) is 20.3 Å². The Morgan fingerprint density at radius 1 is 1.17 bits per heavy atom. The van der Waals surface area contributed by atoms with E-state index in [0.717, 1.165) is 34.6 Å². The van der Waals surface area contributed by atoms with Gasteiger partial charge in [-0.3, -0.25) is 9.78 Å². The van der Waals surface area contributed by atoms with Gasteiger partial charge in [0.1, 0.15) is 5.82 Å². The first-order chi connectivity index (χ1) is 14.1. The van der Waals surface area contributed by atoms with Gasteiger partial charge in [0.25, 0.3) is 5.91 Å². The number of carbonyl (C=O) groups is 1. The Morgan fingerprint density at radius 2 is 1.97 bits per heavy atom. The monoisotopic (exact) mass is 389 g/mol. The second kappa shape index (κ2) is 8.36. The van der Waals surface area contributed by atoms with Crippen LogP contribution in [-0.2, 0) is 22.5 Å². The van der Waals surface area contributed by atoms with Gasteiger partial charge in [0.05, 0.1) is 18.8 Å². The summed E-state index contributed by atoms with van der Waals surface area (Å²) in [6, 6.07) is 13.5. The molecule has 1 atom stereocenters. The lowest BCUT2D eigenvalue weighted by Gasteiger charge is -2.25. The lowest BCUT2D eigenvalue weighted by atomic mass is 9.97. The van der Waals surface area contributed by atoms with Crippen molar-refractivity contribution in [2.45, 2.75) is 19.1 Å². The molecule has 0 saturated carbocycles. The van der Waals surface area contributed by atoms with Crippen molar-refractivity contribution >= 4 is 11.7 Å². The molecule has 1 amide bonds. The zero-order valence-corrected chi connectivity index (χ0v) is 16.5. The summed E-state index contributed by atoms with van der Waals surface area (Å²) in [4.78, 5) is 28.0. The average Bonchev–Trinajstić information content (AvgIpc) is 2.77. The third kappa shape index (κ3) is 4.25. The number of benzene rings is 1. The number of amides is 1. The standard InChI is InChI=1S/C22H23N5O2/c1-27(2)19-13-17(25-21(26-19)16-7-10-23-11-8-16)14-24-22(28)20-18-6-4-3-5-15(18)9-12-29-20/h3-8,10-11,13,20H,9,12,14H2,1-2H3,(H,24,28). The summed E-state index contributed by atoms with van der Waals surface area (Å²) in [5.74, 6) is 1.21. The van der Waals surface area contributed by atoms with E-state index in [0.29, 0.717) is 19.0 Å². The van der Waals surface area contributed by atoms with E-state index < -0.39 is 6.10 Å². The van der Waals surface area contributed by atoms with E-state index in [9.17, 15) is 4.79 Å². The average molecular weight is 389 g/mol. The summed E-state index contributed by atoms with van der Waals surface area (Å²) in [6.07, 6.45) is 3.66. The largest absolute Gasteiger partial charge is 0.363 e. The number of fused-ring (bicyclic) bond motifs is 1. The van der Waals surface area contributed by atoms with E-state index in [1.807, 2.05) is 61.5 Å². The quantitative estimate of drug-likeness (QED) is 0.722. The molecule has 0 bridgehead atoms. The summed E-state index contributed by atoms with van der Waals surface area (Å²) in [7, 11) is 3.85. The van der Waals surface area contributed by atoms with Crippen molar-refractivity contribution < 1.29 is 9.53 Å². The molecule has 1 aliphatic rings. The minimum atomic E-state index is -0.588. The van der Waals surface area contributed by atoms with Crippen molar-refractivity contribution in [3.63, 3.8) is 0 Å². The van der Waals surface area contributed by atoms with Crippen LogP contribution in [0.5, 0.6) is 0 Å². The molecule has 3 heterocycles. The van der Waals surface area contributed by atoms with Crippen molar-refractivity contribution in [3.05, 3.63) is 71.7 Å². The molecule has 7 nitrogen and oxygen atoms in total. The maximum Gasteiger partial charge on any atom is 0.254 e. The van der Waals surface area contributed by atoms with Gasteiger partial charge in [0.2, 0.25) is 0 Å². The number of nitrogens with zero attached hydrogens (tertiary/aromatic N) is 4. The van der Waals surface area contributed by atoms with Crippen LogP contribution in [0.3, 0.4) is 0 Å². The van der Waals surface area contributed by atoms with Gasteiger partial charge in [0.15, 0.2) is 11.9 Å². The number of carbonyl (C=O) groups excluding carboxylic acids is 1. The minimum Gasteiger partial charge on any atom is -0.363 e. The predicted molar refractivity (Wildman–Crippen MR) is 110 cm³/mol. The van der Waals surface area contributed by atoms with Crippen LogP contribution in [0.1, 0.15) is 22.9 Å². The molecular weight excluding hydrogens is 366 g/mol. The highest BCUT2D eigenvalue weighted by Gasteiger charge is 2.27. The fourth-order valence-electron chi connectivity index (χ4n) is 3.31. The molecule has 1 aliphatic heterocycles. The van der Waals surface area contributed by atoms with Gasteiger partial charge in [0, 0.05) is 38.1 Å². The molecule has 0 saturated heterocycles. The highest BCUT2D eigenvalue weighted by atomic mass is 16.5. The zero-order valence-electron chi connectivity index (χ0n) is 16.5. The van der Waals surface area contributed by atoms with Crippen LogP contribution in [0.4, 0.5) is 5.82 Å². The van der Waals surface area contributed by atoms with Crippen molar-refractivity contribution in [2.24, 2.45) is 0 Å². The highest BCUT2D eigenvalue weighted by Crippen LogP contribution is 2.27. The summed E-state index contributed by atoms with van der Waals surface area (Å²) < 4.78 is 5.75. The topological polar surface area (TPSA) is 80.2 Å². The Labute approximate surface area is 169 Å². The third-order valence-electron chi connectivity index (χ3n) is 4.84. The smallest absolute Gasteiger partial charge is 0.254 e. The van der Waals surface area contributed by atoms with Gasteiger partial charge in [-0.2, -0.15) is 0 Å². The van der Waals surface area contributed by atoms with E-state index in [1.165, 1.54) is 0 Å². The van der Waals surface area contributed by atoms with Crippen LogP contribution in [0, 0.1) is 0 Å². The van der Waals surface area contributed by atoms with Crippen molar-refractivity contribution in [1.29, 1.82) is 0 Å². The second-order valence-electron chi connectivity index (χ2n) is 7.09. The van der Waals surface area contributed by atoms with E-state index in [1.54, 1.807) is 12.4 Å². The van der Waals surface area contributed by atoms with Crippen molar-refractivity contribution in [2.75, 3.05) is 25.6 Å². The van der Waals surface area contributed by atoms with Gasteiger partial charge in [-0.1, -0.05) is 24.3 Å². The van der Waals surface area contributed by atoms with Crippen LogP contribution in [0.2, 0.25) is 0 Å². The number of ether oxygens (including phenoxy) is 1. The number of anilines is 1. The van der Waals surface area contributed by atoms with Gasteiger partial charge < -0.3 is 15.0 Å². The molecule has 29 heavy (non-hydrogen) atoms. The molecule has 3 aromatic rings. The molecule has 0 fully saturated rings. The second-order valence-corrected chi connectivity index (χ2v) is 7.09. The Hall–Kier alpha value is -3.32. The molecule has 7 heteroatoms. The fourth-order valence-corrected chi connectivity index (χ4v) is 3.31. The molecule has 148 valence electrons. The van der Waals surface area contributed by atoms with Crippen LogP contribution in [0.15, 0.2) is 54.9 Å². The number of pyridine rings is 1.